The lowest BCUT2D eigenvalue weighted by Gasteiger charge is -2.36. The molecule has 5 heteroatoms. The van der Waals surface area contributed by atoms with Crippen LogP contribution < -0.4 is 10.6 Å². The number of aromatic nitrogens is 1. The maximum absolute atomic E-state index is 6.40. The molecular formula is C17H19Cl2N3. The first-order chi connectivity index (χ1) is 10.6. The fourth-order valence-electron chi connectivity index (χ4n) is 3.04. The van der Waals surface area contributed by atoms with Crippen molar-refractivity contribution in [3.63, 3.8) is 0 Å². The number of anilines is 1. The van der Waals surface area contributed by atoms with Gasteiger partial charge in [-0.2, -0.15) is 0 Å². The van der Waals surface area contributed by atoms with Gasteiger partial charge in [-0.1, -0.05) is 29.3 Å². The van der Waals surface area contributed by atoms with Crippen molar-refractivity contribution in [2.45, 2.75) is 18.9 Å². The number of piperidine rings is 1. The molecule has 1 saturated heterocycles. The molecule has 2 aromatic rings. The lowest BCUT2D eigenvalue weighted by Crippen LogP contribution is -2.37. The summed E-state index contributed by atoms with van der Waals surface area (Å²) >= 11 is 12.1. The molecule has 3 nitrogen and oxygen atoms in total. The maximum atomic E-state index is 6.40. The molecule has 1 fully saturated rings. The zero-order valence-electron chi connectivity index (χ0n) is 12.3. The Labute approximate surface area is 141 Å². The first kappa shape index (κ1) is 15.6. The molecule has 22 heavy (non-hydrogen) atoms. The van der Waals surface area contributed by atoms with E-state index in [0.29, 0.717) is 16.0 Å². The molecule has 0 bridgehead atoms. The second kappa shape index (κ2) is 6.86. The van der Waals surface area contributed by atoms with E-state index < -0.39 is 0 Å². The summed E-state index contributed by atoms with van der Waals surface area (Å²) in [4.78, 5) is 6.51. The van der Waals surface area contributed by atoms with Crippen molar-refractivity contribution >= 4 is 28.9 Å². The summed E-state index contributed by atoms with van der Waals surface area (Å²) in [6.45, 7) is 1.97. The Bertz CT molecular complexity index is 625. The van der Waals surface area contributed by atoms with Gasteiger partial charge < -0.3 is 10.6 Å². The Morgan fingerprint density at radius 2 is 1.91 bits per heavy atom. The van der Waals surface area contributed by atoms with E-state index in [0.717, 1.165) is 37.2 Å². The summed E-state index contributed by atoms with van der Waals surface area (Å²) in [7, 11) is 0. The number of halogens is 2. The fraction of sp³-hybridized carbons (Fsp3) is 0.353. The average Bonchev–Trinajstić information content (AvgIpc) is 2.58. The predicted octanol–water partition coefficient (Wildman–Crippen LogP) is 4.30. The minimum atomic E-state index is 0.0599. The Morgan fingerprint density at radius 1 is 1.14 bits per heavy atom. The second-order valence-electron chi connectivity index (χ2n) is 5.74. The molecule has 0 amide bonds. The topological polar surface area (TPSA) is 42.1 Å². The smallest absolute Gasteiger partial charge is 0.0612 e. The summed E-state index contributed by atoms with van der Waals surface area (Å²) in [6.07, 6.45) is 5.78. The minimum absolute atomic E-state index is 0.0599. The van der Waals surface area contributed by atoms with Gasteiger partial charge in [0.1, 0.15) is 0 Å². The van der Waals surface area contributed by atoms with Gasteiger partial charge in [0.05, 0.1) is 10.0 Å². The van der Waals surface area contributed by atoms with Gasteiger partial charge in [-0.05, 0) is 48.6 Å². The third kappa shape index (κ3) is 3.37. The Hall–Kier alpha value is -1.29. The van der Waals surface area contributed by atoms with E-state index in [4.69, 9.17) is 28.9 Å². The molecule has 3 rings (SSSR count). The van der Waals surface area contributed by atoms with Crippen LogP contribution >= 0.6 is 23.2 Å². The molecule has 2 heterocycles. The van der Waals surface area contributed by atoms with Crippen LogP contribution in [0.3, 0.4) is 0 Å². The van der Waals surface area contributed by atoms with Gasteiger partial charge in [0, 0.05) is 37.2 Å². The van der Waals surface area contributed by atoms with Crippen LogP contribution in [-0.4, -0.2) is 18.1 Å². The molecule has 0 saturated carbocycles. The molecular weight excluding hydrogens is 317 g/mol. The molecule has 0 aliphatic carbocycles. The summed E-state index contributed by atoms with van der Waals surface area (Å²) < 4.78 is 0. The Balaban J connectivity index is 1.64. The SMILES string of the molecule is N[C@@H](c1cccnc1)C1CCN(c2ccc(Cl)c(Cl)c2)CC1. The van der Waals surface area contributed by atoms with Gasteiger partial charge in [0.2, 0.25) is 0 Å². The number of nitrogens with two attached hydrogens (primary N) is 1. The van der Waals surface area contributed by atoms with Crippen molar-refractivity contribution in [1.29, 1.82) is 0 Å². The second-order valence-corrected chi connectivity index (χ2v) is 6.55. The van der Waals surface area contributed by atoms with Crippen molar-refractivity contribution in [3.05, 3.63) is 58.3 Å². The lowest BCUT2D eigenvalue weighted by atomic mass is 9.86. The zero-order chi connectivity index (χ0) is 15.5. The number of pyridine rings is 1. The molecule has 1 aliphatic heterocycles. The number of benzene rings is 1. The van der Waals surface area contributed by atoms with Crippen LogP contribution in [0.5, 0.6) is 0 Å². The van der Waals surface area contributed by atoms with E-state index in [1.165, 1.54) is 0 Å². The van der Waals surface area contributed by atoms with Crippen molar-refractivity contribution < 1.29 is 0 Å². The van der Waals surface area contributed by atoms with Crippen molar-refractivity contribution in [2.24, 2.45) is 11.7 Å². The van der Waals surface area contributed by atoms with E-state index >= 15 is 0 Å². The van der Waals surface area contributed by atoms with Crippen molar-refractivity contribution in [3.8, 4) is 0 Å². The van der Waals surface area contributed by atoms with Gasteiger partial charge in [-0.3, -0.25) is 4.98 Å². The van der Waals surface area contributed by atoms with Crippen molar-refractivity contribution in [2.75, 3.05) is 18.0 Å². The molecule has 0 spiro atoms. The number of hydrogen-bond acceptors (Lipinski definition) is 3. The number of hydrogen-bond donors (Lipinski definition) is 1. The maximum Gasteiger partial charge on any atom is 0.0612 e. The fourth-order valence-corrected chi connectivity index (χ4v) is 3.34. The summed E-state index contributed by atoms with van der Waals surface area (Å²) in [5.41, 5.74) is 8.65. The molecule has 1 aromatic carbocycles. The monoisotopic (exact) mass is 335 g/mol. The average molecular weight is 336 g/mol. The summed E-state index contributed by atoms with van der Waals surface area (Å²) in [6, 6.07) is 9.88. The minimum Gasteiger partial charge on any atom is -0.371 e. The quantitative estimate of drug-likeness (QED) is 0.908. The standard InChI is InChI=1S/C17H19Cl2N3/c18-15-4-3-14(10-16(15)19)22-8-5-12(6-9-22)17(20)13-2-1-7-21-11-13/h1-4,7,10-12,17H,5-6,8-9,20H2/t17-/m1/s1. The van der Waals surface area contributed by atoms with Gasteiger partial charge in [-0.15, -0.1) is 0 Å². The van der Waals surface area contributed by atoms with Crippen LogP contribution in [0.2, 0.25) is 10.0 Å². The van der Waals surface area contributed by atoms with Crippen LogP contribution in [0.1, 0.15) is 24.4 Å². The highest BCUT2D eigenvalue weighted by atomic mass is 35.5. The first-order valence-electron chi connectivity index (χ1n) is 7.50. The van der Waals surface area contributed by atoms with E-state index in [1.54, 1.807) is 6.20 Å². The Kier molecular flexibility index (Phi) is 4.87. The molecule has 1 aliphatic rings. The van der Waals surface area contributed by atoms with Crippen LogP contribution in [0.4, 0.5) is 5.69 Å². The van der Waals surface area contributed by atoms with Gasteiger partial charge in [-0.25, -0.2) is 0 Å². The summed E-state index contributed by atoms with van der Waals surface area (Å²) in [5, 5.41) is 1.20. The van der Waals surface area contributed by atoms with Crippen LogP contribution in [0.15, 0.2) is 42.7 Å². The van der Waals surface area contributed by atoms with Crippen LogP contribution in [0, 0.1) is 5.92 Å². The molecule has 1 atom stereocenters. The molecule has 2 N–H and O–H groups in total. The highest BCUT2D eigenvalue weighted by molar-refractivity contribution is 6.42. The zero-order valence-corrected chi connectivity index (χ0v) is 13.8. The van der Waals surface area contributed by atoms with Gasteiger partial charge in [0.15, 0.2) is 0 Å². The lowest BCUT2D eigenvalue weighted by molar-refractivity contribution is 0.344. The normalized spacial score (nSPS) is 17.5. The van der Waals surface area contributed by atoms with Crippen LogP contribution in [0.25, 0.3) is 0 Å². The highest BCUT2D eigenvalue weighted by Gasteiger charge is 2.25. The third-order valence-electron chi connectivity index (χ3n) is 4.39. The number of rotatable bonds is 3. The van der Waals surface area contributed by atoms with E-state index in [1.807, 2.05) is 30.5 Å². The van der Waals surface area contributed by atoms with E-state index in [2.05, 4.69) is 16.0 Å². The highest BCUT2D eigenvalue weighted by Crippen LogP contribution is 2.33. The number of nitrogens with zero attached hydrogens (tertiary/aromatic N) is 2. The molecule has 1 aromatic heterocycles. The third-order valence-corrected chi connectivity index (χ3v) is 5.12. The van der Waals surface area contributed by atoms with Crippen molar-refractivity contribution in [1.82, 2.24) is 4.98 Å². The Morgan fingerprint density at radius 3 is 2.55 bits per heavy atom. The molecule has 0 unspecified atom stereocenters. The van der Waals surface area contributed by atoms with Gasteiger partial charge >= 0.3 is 0 Å². The summed E-state index contributed by atoms with van der Waals surface area (Å²) in [5.74, 6) is 0.489. The first-order valence-corrected chi connectivity index (χ1v) is 8.26. The predicted molar refractivity (Wildman–Crippen MR) is 92.6 cm³/mol. The largest absolute Gasteiger partial charge is 0.371 e. The molecule has 0 radical (unpaired) electrons. The van der Waals surface area contributed by atoms with E-state index in [9.17, 15) is 0 Å². The van der Waals surface area contributed by atoms with Gasteiger partial charge in [0.25, 0.3) is 0 Å². The molecule has 116 valence electrons. The van der Waals surface area contributed by atoms with E-state index in [-0.39, 0.29) is 6.04 Å². The van der Waals surface area contributed by atoms with Crippen LogP contribution in [-0.2, 0) is 0 Å².